The first-order valence-corrected chi connectivity index (χ1v) is 8.82. The average Bonchev–Trinajstić information content (AvgIpc) is 2.85. The van der Waals surface area contributed by atoms with Crippen LogP contribution in [0.2, 0.25) is 5.02 Å². The maximum atomic E-state index is 12.6. The number of halogens is 1. The van der Waals surface area contributed by atoms with E-state index in [0.717, 1.165) is 16.6 Å². The number of nitrogens with two attached hydrogens (primary N) is 1. The molecule has 3 saturated heterocycles. The lowest BCUT2D eigenvalue weighted by molar-refractivity contribution is 0.0623. The second kappa shape index (κ2) is 5.41. The highest BCUT2D eigenvalue weighted by Crippen LogP contribution is 2.36. The van der Waals surface area contributed by atoms with Crippen LogP contribution in [0.15, 0.2) is 18.2 Å². The van der Waals surface area contributed by atoms with Gasteiger partial charge in [-0.15, -0.1) is 11.3 Å². The minimum Gasteiger partial charge on any atom is -0.399 e. The van der Waals surface area contributed by atoms with E-state index in [9.17, 15) is 4.79 Å². The van der Waals surface area contributed by atoms with E-state index in [0.29, 0.717) is 21.5 Å². The van der Waals surface area contributed by atoms with Gasteiger partial charge in [0.05, 0.1) is 5.02 Å². The molecule has 2 bridgehead atoms. The third kappa shape index (κ3) is 2.37. The number of amides is 1. The number of carbonyl (C=O) groups is 1. The number of piperidine rings is 3. The van der Waals surface area contributed by atoms with Crippen molar-refractivity contribution in [3.05, 3.63) is 28.1 Å². The molecule has 1 amide bonds. The van der Waals surface area contributed by atoms with Crippen LogP contribution in [0.1, 0.15) is 22.5 Å². The highest BCUT2D eigenvalue weighted by molar-refractivity contribution is 7.21. The van der Waals surface area contributed by atoms with Gasteiger partial charge in [0, 0.05) is 28.4 Å². The minimum atomic E-state index is -0.0523. The van der Waals surface area contributed by atoms with E-state index in [1.54, 1.807) is 0 Å². The molecule has 1 atom stereocenters. The summed E-state index contributed by atoms with van der Waals surface area (Å²) < 4.78 is 0.962. The average molecular weight is 336 g/mol. The number of thiophene rings is 1. The Morgan fingerprint density at radius 1 is 1.36 bits per heavy atom. The summed E-state index contributed by atoms with van der Waals surface area (Å²) >= 11 is 7.82. The molecule has 2 aromatic rings. The van der Waals surface area contributed by atoms with Crippen LogP contribution in [0, 0.1) is 5.92 Å². The first-order chi connectivity index (χ1) is 10.6. The van der Waals surface area contributed by atoms with Crippen molar-refractivity contribution in [2.24, 2.45) is 5.92 Å². The Morgan fingerprint density at radius 3 is 2.82 bits per heavy atom. The number of anilines is 1. The van der Waals surface area contributed by atoms with Gasteiger partial charge in [-0.25, -0.2) is 0 Å². The number of fused-ring (bicyclic) bond motifs is 4. The number of nitrogen functional groups attached to an aromatic ring is 1. The van der Waals surface area contributed by atoms with Crippen LogP contribution >= 0.6 is 22.9 Å². The molecule has 4 heterocycles. The largest absolute Gasteiger partial charge is 0.399 e. The van der Waals surface area contributed by atoms with Crippen molar-refractivity contribution in [3.8, 4) is 0 Å². The van der Waals surface area contributed by atoms with E-state index >= 15 is 0 Å². The molecular weight excluding hydrogens is 318 g/mol. The first kappa shape index (κ1) is 14.3. The third-order valence-corrected chi connectivity index (χ3v) is 6.49. The summed E-state index contributed by atoms with van der Waals surface area (Å²) in [5.74, 6) is 0.557. The highest BCUT2D eigenvalue weighted by atomic mass is 35.5. The predicted molar refractivity (Wildman–Crippen MR) is 91.7 cm³/mol. The van der Waals surface area contributed by atoms with Crippen LogP contribution in [0.5, 0.6) is 0 Å². The Hall–Kier alpha value is -1.30. The zero-order chi connectivity index (χ0) is 15.3. The molecule has 1 aromatic heterocycles. The smallest absolute Gasteiger partial charge is 0.263 e. The lowest BCUT2D eigenvalue weighted by Crippen LogP contribution is -2.57. The van der Waals surface area contributed by atoms with E-state index in [1.807, 2.05) is 18.2 Å². The van der Waals surface area contributed by atoms with E-state index in [1.165, 1.54) is 37.3 Å². The molecule has 3 aliphatic rings. The van der Waals surface area contributed by atoms with Crippen molar-refractivity contribution in [2.75, 3.05) is 25.4 Å². The Bertz CT molecular complexity index is 736. The molecule has 22 heavy (non-hydrogen) atoms. The van der Waals surface area contributed by atoms with Gasteiger partial charge in [0.1, 0.15) is 4.88 Å². The molecule has 5 rings (SSSR count). The van der Waals surface area contributed by atoms with Crippen LogP contribution in [-0.2, 0) is 0 Å². The lowest BCUT2D eigenvalue weighted by atomic mass is 9.84. The van der Waals surface area contributed by atoms with Crippen LogP contribution < -0.4 is 11.1 Å². The number of rotatable bonds is 2. The molecule has 3 aliphatic heterocycles. The number of nitrogens with zero attached hydrogens (tertiary/aromatic N) is 1. The van der Waals surface area contributed by atoms with Gasteiger partial charge in [-0.1, -0.05) is 11.6 Å². The molecule has 0 spiro atoms. The van der Waals surface area contributed by atoms with Crippen molar-refractivity contribution in [2.45, 2.75) is 18.9 Å². The van der Waals surface area contributed by atoms with Gasteiger partial charge >= 0.3 is 0 Å². The second-order valence-corrected chi connectivity index (χ2v) is 7.65. The van der Waals surface area contributed by atoms with Crippen molar-refractivity contribution >= 4 is 44.6 Å². The van der Waals surface area contributed by atoms with Gasteiger partial charge < -0.3 is 16.0 Å². The Labute approximate surface area is 138 Å². The Morgan fingerprint density at radius 2 is 2.14 bits per heavy atom. The van der Waals surface area contributed by atoms with Gasteiger partial charge in [-0.3, -0.25) is 4.79 Å². The highest BCUT2D eigenvalue weighted by Gasteiger charge is 2.35. The fourth-order valence-corrected chi connectivity index (χ4v) is 5.06. The molecule has 1 aromatic carbocycles. The first-order valence-electron chi connectivity index (χ1n) is 7.62. The molecule has 0 unspecified atom stereocenters. The zero-order valence-electron chi connectivity index (χ0n) is 12.1. The normalized spacial score (nSPS) is 27.2. The number of hydrogen-bond acceptors (Lipinski definition) is 4. The summed E-state index contributed by atoms with van der Waals surface area (Å²) in [4.78, 5) is 15.7. The lowest BCUT2D eigenvalue weighted by Gasteiger charge is -2.44. The number of hydrogen-bond donors (Lipinski definition) is 2. The van der Waals surface area contributed by atoms with E-state index < -0.39 is 0 Å². The van der Waals surface area contributed by atoms with Gasteiger partial charge in [-0.05, 0) is 50.0 Å². The Balaban J connectivity index is 1.59. The van der Waals surface area contributed by atoms with E-state index in [4.69, 9.17) is 17.3 Å². The second-order valence-electron chi connectivity index (χ2n) is 6.22. The van der Waals surface area contributed by atoms with Crippen LogP contribution in [0.25, 0.3) is 10.1 Å². The Kier molecular flexibility index (Phi) is 3.51. The standard InChI is InChI=1S/C16H18ClN3OS/c17-14-11-2-1-10(18)7-13(11)22-15(14)16(21)19-12-8-20-5-3-9(12)4-6-20/h1-2,7,9,12H,3-6,8,18H2,(H,19,21)/t12-/m0/s1. The van der Waals surface area contributed by atoms with E-state index in [2.05, 4.69) is 10.2 Å². The maximum absolute atomic E-state index is 12.6. The molecule has 116 valence electrons. The predicted octanol–water partition coefficient (Wildman–Crippen LogP) is 2.96. The molecule has 0 radical (unpaired) electrons. The zero-order valence-corrected chi connectivity index (χ0v) is 13.7. The van der Waals surface area contributed by atoms with Crippen LogP contribution in [-0.4, -0.2) is 36.5 Å². The monoisotopic (exact) mass is 335 g/mol. The summed E-state index contributed by atoms with van der Waals surface area (Å²) in [5, 5.41) is 4.64. The van der Waals surface area contributed by atoms with Crippen LogP contribution in [0.4, 0.5) is 5.69 Å². The summed E-state index contributed by atoms with van der Waals surface area (Å²) in [6, 6.07) is 5.82. The topological polar surface area (TPSA) is 58.4 Å². The maximum Gasteiger partial charge on any atom is 0.263 e. The van der Waals surface area contributed by atoms with Crippen molar-refractivity contribution < 1.29 is 4.79 Å². The van der Waals surface area contributed by atoms with Gasteiger partial charge in [0.15, 0.2) is 0 Å². The molecule has 6 heteroatoms. The molecule has 0 aliphatic carbocycles. The summed E-state index contributed by atoms with van der Waals surface area (Å²) in [7, 11) is 0. The number of carbonyl (C=O) groups excluding carboxylic acids is 1. The fraction of sp³-hybridized carbons (Fsp3) is 0.438. The molecule has 3 N–H and O–H groups in total. The molecule has 4 nitrogen and oxygen atoms in total. The van der Waals surface area contributed by atoms with E-state index in [-0.39, 0.29) is 11.9 Å². The van der Waals surface area contributed by atoms with Crippen molar-refractivity contribution in [1.29, 1.82) is 0 Å². The summed E-state index contributed by atoms with van der Waals surface area (Å²) in [6.07, 6.45) is 2.36. The molecule has 0 saturated carbocycles. The van der Waals surface area contributed by atoms with Gasteiger partial charge in [-0.2, -0.15) is 0 Å². The van der Waals surface area contributed by atoms with Crippen molar-refractivity contribution in [3.63, 3.8) is 0 Å². The molecule has 3 fully saturated rings. The van der Waals surface area contributed by atoms with Gasteiger partial charge in [0.2, 0.25) is 0 Å². The van der Waals surface area contributed by atoms with Crippen molar-refractivity contribution in [1.82, 2.24) is 10.2 Å². The minimum absolute atomic E-state index is 0.0523. The fourth-order valence-electron chi connectivity index (χ4n) is 3.59. The third-order valence-electron chi connectivity index (χ3n) is 4.83. The SMILES string of the molecule is Nc1ccc2c(Cl)c(C(=O)N[C@H]3CN4CCC3CC4)sc2c1. The molecular formula is C16H18ClN3OS. The van der Waals surface area contributed by atoms with Crippen LogP contribution in [0.3, 0.4) is 0 Å². The number of nitrogens with one attached hydrogen (secondary N) is 1. The number of benzene rings is 1. The van der Waals surface area contributed by atoms with Gasteiger partial charge in [0.25, 0.3) is 5.91 Å². The summed E-state index contributed by atoms with van der Waals surface area (Å²) in [5.41, 5.74) is 6.50. The summed E-state index contributed by atoms with van der Waals surface area (Å²) in [6.45, 7) is 3.30. The quantitative estimate of drug-likeness (QED) is 0.829.